The summed E-state index contributed by atoms with van der Waals surface area (Å²) in [4.78, 5) is 16.3. The third kappa shape index (κ3) is 5.06. The van der Waals surface area contributed by atoms with Crippen LogP contribution in [-0.2, 0) is 11.2 Å². The number of carbonyl (C=O) groups is 1. The Morgan fingerprint density at radius 3 is 2.71 bits per heavy atom. The van der Waals surface area contributed by atoms with E-state index < -0.39 is 0 Å². The first-order valence-corrected chi connectivity index (χ1v) is 8.41. The lowest BCUT2D eigenvalue weighted by molar-refractivity contribution is -0.117. The summed E-state index contributed by atoms with van der Waals surface area (Å²) < 4.78 is 6.62. The number of primary amides is 1. The summed E-state index contributed by atoms with van der Waals surface area (Å²) in [6.45, 7) is 4.58. The van der Waals surface area contributed by atoms with Gasteiger partial charge in [-0.1, -0.05) is 29.5 Å². The number of ether oxygens (including phenoxy) is 1. The van der Waals surface area contributed by atoms with Gasteiger partial charge in [0.25, 0.3) is 0 Å². The fourth-order valence-corrected chi connectivity index (χ4v) is 3.84. The van der Waals surface area contributed by atoms with Crippen LogP contribution in [0.3, 0.4) is 0 Å². The number of rotatable bonds is 7. The van der Waals surface area contributed by atoms with Crippen LogP contribution in [0.2, 0.25) is 0 Å². The molecule has 0 fully saturated rings. The Bertz CT molecular complexity index is 609. The average molecular weight is 322 g/mol. The van der Waals surface area contributed by atoms with Crippen LogP contribution in [0.25, 0.3) is 0 Å². The van der Waals surface area contributed by atoms with Crippen LogP contribution in [0.5, 0.6) is 5.75 Å². The Kier molecular flexibility index (Phi) is 5.64. The molecule has 112 valence electrons. The van der Waals surface area contributed by atoms with Gasteiger partial charge in [0.2, 0.25) is 5.91 Å². The first kappa shape index (κ1) is 15.9. The molecule has 1 amide bonds. The number of benzene rings is 1. The van der Waals surface area contributed by atoms with E-state index in [1.54, 1.807) is 11.8 Å². The van der Waals surface area contributed by atoms with E-state index in [1.165, 1.54) is 16.9 Å². The number of hydrogen-bond acceptors (Lipinski definition) is 5. The SMILES string of the molecule is Cc1ccc(OCCSc2nc(C)c(CC(N)=O)s2)cc1. The maximum absolute atomic E-state index is 10.9. The number of carbonyl (C=O) groups excluding carboxylic acids is 1. The van der Waals surface area contributed by atoms with Gasteiger partial charge in [-0.05, 0) is 26.0 Å². The van der Waals surface area contributed by atoms with Crippen molar-refractivity contribution < 1.29 is 9.53 Å². The number of thioether (sulfide) groups is 1. The topological polar surface area (TPSA) is 65.2 Å². The summed E-state index contributed by atoms with van der Waals surface area (Å²) in [5.74, 6) is 1.38. The highest BCUT2D eigenvalue weighted by molar-refractivity contribution is 8.01. The van der Waals surface area contributed by atoms with Crippen molar-refractivity contribution >= 4 is 29.0 Å². The van der Waals surface area contributed by atoms with Crippen LogP contribution < -0.4 is 10.5 Å². The minimum absolute atomic E-state index is 0.268. The van der Waals surface area contributed by atoms with E-state index in [1.807, 2.05) is 38.1 Å². The molecule has 0 aliphatic carbocycles. The minimum Gasteiger partial charge on any atom is -0.493 e. The van der Waals surface area contributed by atoms with E-state index in [9.17, 15) is 4.79 Å². The molecule has 1 aromatic heterocycles. The summed E-state index contributed by atoms with van der Waals surface area (Å²) >= 11 is 3.17. The van der Waals surface area contributed by atoms with Gasteiger partial charge >= 0.3 is 0 Å². The van der Waals surface area contributed by atoms with E-state index in [0.29, 0.717) is 6.61 Å². The first-order valence-electron chi connectivity index (χ1n) is 6.61. The Labute approximate surface area is 132 Å². The maximum atomic E-state index is 10.9. The van der Waals surface area contributed by atoms with Gasteiger partial charge in [-0.2, -0.15) is 0 Å². The van der Waals surface area contributed by atoms with E-state index in [0.717, 1.165) is 26.4 Å². The lowest BCUT2D eigenvalue weighted by Gasteiger charge is -2.05. The van der Waals surface area contributed by atoms with Crippen LogP contribution in [0.4, 0.5) is 0 Å². The zero-order chi connectivity index (χ0) is 15.2. The molecule has 1 aromatic carbocycles. The second-order valence-electron chi connectivity index (χ2n) is 4.64. The van der Waals surface area contributed by atoms with Crippen LogP contribution in [0, 0.1) is 13.8 Å². The van der Waals surface area contributed by atoms with Gasteiger partial charge in [-0.3, -0.25) is 4.79 Å². The molecular weight excluding hydrogens is 304 g/mol. The smallest absolute Gasteiger partial charge is 0.222 e. The molecule has 0 unspecified atom stereocenters. The van der Waals surface area contributed by atoms with Crippen molar-refractivity contribution in [3.63, 3.8) is 0 Å². The number of nitrogens with zero attached hydrogens (tertiary/aromatic N) is 1. The molecule has 0 atom stereocenters. The number of amides is 1. The van der Waals surface area contributed by atoms with E-state index in [2.05, 4.69) is 4.98 Å². The zero-order valence-corrected chi connectivity index (χ0v) is 13.7. The fourth-order valence-electron chi connectivity index (χ4n) is 1.71. The Balaban J connectivity index is 1.78. The molecule has 2 N–H and O–H groups in total. The second kappa shape index (κ2) is 7.47. The normalized spacial score (nSPS) is 10.6. The third-order valence-electron chi connectivity index (χ3n) is 2.81. The molecule has 2 rings (SSSR count). The molecule has 0 saturated heterocycles. The van der Waals surface area contributed by atoms with Crippen molar-refractivity contribution in [2.45, 2.75) is 24.6 Å². The number of nitrogens with two attached hydrogens (primary N) is 1. The summed E-state index contributed by atoms with van der Waals surface area (Å²) in [5, 5.41) is 0. The lowest BCUT2D eigenvalue weighted by Crippen LogP contribution is -2.13. The zero-order valence-electron chi connectivity index (χ0n) is 12.1. The van der Waals surface area contributed by atoms with Gasteiger partial charge in [0.1, 0.15) is 5.75 Å². The number of aryl methyl sites for hydroxylation is 2. The van der Waals surface area contributed by atoms with Crippen molar-refractivity contribution in [2.75, 3.05) is 12.4 Å². The van der Waals surface area contributed by atoms with Gasteiger partial charge in [-0.25, -0.2) is 4.98 Å². The Morgan fingerprint density at radius 1 is 1.33 bits per heavy atom. The maximum Gasteiger partial charge on any atom is 0.222 e. The quantitative estimate of drug-likeness (QED) is 0.629. The number of thiazole rings is 1. The van der Waals surface area contributed by atoms with Crippen molar-refractivity contribution in [2.24, 2.45) is 5.73 Å². The second-order valence-corrected chi connectivity index (χ2v) is 7.07. The van der Waals surface area contributed by atoms with Crippen LogP contribution >= 0.6 is 23.1 Å². The van der Waals surface area contributed by atoms with Crippen molar-refractivity contribution in [3.05, 3.63) is 40.4 Å². The molecule has 0 spiro atoms. The largest absolute Gasteiger partial charge is 0.493 e. The van der Waals surface area contributed by atoms with Gasteiger partial charge in [0, 0.05) is 10.6 Å². The summed E-state index contributed by atoms with van der Waals surface area (Å²) in [5.41, 5.74) is 7.32. The fraction of sp³-hybridized carbons (Fsp3) is 0.333. The van der Waals surface area contributed by atoms with Crippen LogP contribution in [-0.4, -0.2) is 23.3 Å². The molecular formula is C15H18N2O2S2. The van der Waals surface area contributed by atoms with Gasteiger partial charge in [0.05, 0.1) is 18.7 Å². The van der Waals surface area contributed by atoms with E-state index >= 15 is 0 Å². The monoisotopic (exact) mass is 322 g/mol. The lowest BCUT2D eigenvalue weighted by atomic mass is 10.2. The Hall–Kier alpha value is -1.53. The predicted molar refractivity (Wildman–Crippen MR) is 87.1 cm³/mol. The highest BCUT2D eigenvalue weighted by Gasteiger charge is 2.10. The summed E-state index contributed by atoms with van der Waals surface area (Å²) in [6, 6.07) is 8.00. The minimum atomic E-state index is -0.319. The molecule has 0 bridgehead atoms. The van der Waals surface area contributed by atoms with Crippen molar-refractivity contribution in [1.82, 2.24) is 4.98 Å². The molecule has 21 heavy (non-hydrogen) atoms. The number of aromatic nitrogens is 1. The molecule has 2 aromatic rings. The van der Waals surface area contributed by atoms with Gasteiger partial charge < -0.3 is 10.5 Å². The Morgan fingerprint density at radius 2 is 2.05 bits per heavy atom. The molecule has 6 heteroatoms. The summed E-state index contributed by atoms with van der Waals surface area (Å²) in [6.07, 6.45) is 0.268. The van der Waals surface area contributed by atoms with Gasteiger partial charge in [-0.15, -0.1) is 11.3 Å². The molecule has 0 aliphatic heterocycles. The number of hydrogen-bond donors (Lipinski definition) is 1. The summed E-state index contributed by atoms with van der Waals surface area (Å²) in [7, 11) is 0. The molecule has 1 heterocycles. The van der Waals surface area contributed by atoms with E-state index in [4.69, 9.17) is 10.5 Å². The molecule has 0 saturated carbocycles. The van der Waals surface area contributed by atoms with Crippen molar-refractivity contribution in [3.8, 4) is 5.75 Å². The predicted octanol–water partition coefficient (Wildman–Crippen LogP) is 2.96. The van der Waals surface area contributed by atoms with Crippen molar-refractivity contribution in [1.29, 1.82) is 0 Å². The molecule has 0 aliphatic rings. The van der Waals surface area contributed by atoms with Crippen LogP contribution in [0.15, 0.2) is 28.6 Å². The average Bonchev–Trinajstić information content (AvgIpc) is 2.76. The third-order valence-corrected chi connectivity index (χ3v) is 5.07. The standard InChI is InChI=1S/C15H18N2O2S2/c1-10-3-5-12(6-4-10)19-7-8-20-15-17-11(2)13(21-15)9-14(16)18/h3-6H,7-9H2,1-2H3,(H2,16,18). The molecule has 0 radical (unpaired) electrons. The highest BCUT2D eigenvalue weighted by Crippen LogP contribution is 2.27. The molecule has 4 nitrogen and oxygen atoms in total. The van der Waals surface area contributed by atoms with E-state index in [-0.39, 0.29) is 12.3 Å². The van der Waals surface area contributed by atoms with Gasteiger partial charge in [0.15, 0.2) is 4.34 Å². The first-order chi connectivity index (χ1) is 10.0. The van der Waals surface area contributed by atoms with Crippen LogP contribution in [0.1, 0.15) is 16.1 Å². The highest BCUT2D eigenvalue weighted by atomic mass is 32.2.